The van der Waals surface area contributed by atoms with Crippen LogP contribution in [-0.2, 0) is 20.9 Å². The third-order valence-electron chi connectivity index (χ3n) is 7.96. The molecule has 7 rings (SSSR count). The predicted octanol–water partition coefficient (Wildman–Crippen LogP) is 5.54. The van der Waals surface area contributed by atoms with Gasteiger partial charge in [-0.15, -0.1) is 0 Å². The Morgan fingerprint density at radius 1 is 0.911 bits per heavy atom. The number of thioether (sulfide) groups is 1. The number of nitro groups is 1. The number of rotatable bonds is 6. The molecule has 0 saturated carbocycles. The number of fused-ring (bicyclic) bond motifs is 3. The molecule has 1 fully saturated rings. The van der Waals surface area contributed by atoms with Crippen molar-refractivity contribution in [3.8, 4) is 0 Å². The van der Waals surface area contributed by atoms with E-state index in [0.29, 0.717) is 21.2 Å². The Bertz CT molecular complexity index is 2090. The highest BCUT2D eigenvalue weighted by molar-refractivity contribution is 8.00. The normalized spacial score (nSPS) is 19.0. The van der Waals surface area contributed by atoms with E-state index in [1.54, 1.807) is 6.07 Å². The molecule has 0 radical (unpaired) electrons. The Morgan fingerprint density at radius 2 is 1.62 bits per heavy atom. The minimum Gasteiger partial charge on any atom is -0.324 e. The highest BCUT2D eigenvalue weighted by Gasteiger charge is 2.56. The molecule has 0 unspecified atom stereocenters. The second kappa shape index (κ2) is 11.1. The van der Waals surface area contributed by atoms with E-state index < -0.39 is 50.4 Å². The van der Waals surface area contributed by atoms with Crippen molar-refractivity contribution in [2.45, 2.75) is 22.7 Å². The molecule has 1 saturated heterocycles. The van der Waals surface area contributed by atoms with Crippen LogP contribution in [0.5, 0.6) is 0 Å². The molecule has 3 amide bonds. The van der Waals surface area contributed by atoms with Crippen molar-refractivity contribution in [2.75, 3.05) is 10.2 Å². The molecule has 224 valence electrons. The lowest BCUT2D eigenvalue weighted by molar-refractivity contribution is -0.384. The Kier molecular flexibility index (Phi) is 7.06. The first-order valence-corrected chi connectivity index (χ1v) is 15.5. The van der Waals surface area contributed by atoms with Crippen LogP contribution >= 0.6 is 23.1 Å². The molecule has 1 N–H and O–H groups in total. The summed E-state index contributed by atoms with van der Waals surface area (Å²) in [6.07, 6.45) is 0. The van der Waals surface area contributed by atoms with Gasteiger partial charge in [0.25, 0.3) is 5.69 Å². The number of thiazole rings is 1. The first-order chi connectivity index (χ1) is 21.7. The fourth-order valence-corrected chi connectivity index (χ4v) is 8.70. The molecular formula is C32H21FN4O6S2. The fraction of sp³-hybridized carbons (Fsp3) is 0.125. The molecule has 0 bridgehead atoms. The van der Waals surface area contributed by atoms with Crippen molar-refractivity contribution in [2.24, 2.45) is 5.92 Å². The van der Waals surface area contributed by atoms with Gasteiger partial charge in [0.05, 0.1) is 21.6 Å². The van der Waals surface area contributed by atoms with Gasteiger partial charge in [-0.05, 0) is 41.3 Å². The van der Waals surface area contributed by atoms with Crippen LogP contribution in [-0.4, -0.2) is 32.5 Å². The van der Waals surface area contributed by atoms with Gasteiger partial charge in [-0.2, -0.15) is 0 Å². The summed E-state index contributed by atoms with van der Waals surface area (Å²) >= 11 is 1.93. The van der Waals surface area contributed by atoms with Crippen LogP contribution in [0, 0.1) is 21.8 Å². The summed E-state index contributed by atoms with van der Waals surface area (Å²) in [5.41, 5.74) is 1.11. The van der Waals surface area contributed by atoms with E-state index in [-0.39, 0.29) is 17.9 Å². The molecule has 13 heteroatoms. The van der Waals surface area contributed by atoms with E-state index in [9.17, 15) is 33.7 Å². The lowest BCUT2D eigenvalue weighted by Gasteiger charge is -2.30. The van der Waals surface area contributed by atoms with Crippen molar-refractivity contribution in [3.63, 3.8) is 0 Å². The van der Waals surface area contributed by atoms with Crippen molar-refractivity contribution < 1.29 is 23.7 Å². The maximum Gasteiger partial charge on any atom is 0.308 e. The number of hydrogen-bond donors (Lipinski definition) is 1. The zero-order chi connectivity index (χ0) is 31.4. The zero-order valence-electron chi connectivity index (χ0n) is 23.1. The average Bonchev–Trinajstić information content (AvgIpc) is 3.48. The Morgan fingerprint density at radius 3 is 2.36 bits per heavy atom. The van der Waals surface area contributed by atoms with Crippen LogP contribution in [0.25, 0.3) is 10.8 Å². The second-order valence-electron chi connectivity index (χ2n) is 10.6. The molecule has 3 heterocycles. The third kappa shape index (κ3) is 4.89. The Hall–Kier alpha value is -5.14. The standard InChI is InChI=1S/C32H21FN4O6S2/c33-19-10-8-18(9-11-19)25-26-27(30(40)36(29(26)39)20-12-14-21(15-13-20)37(42)43)44-31-28(25)45-32(41)35(31)16-24(38)34-23-7-3-5-17-4-1-2-6-22(17)23/h1-15,25-27H,16H2,(H,34,38)/t25-,26-,27+/m0/s1. The summed E-state index contributed by atoms with van der Waals surface area (Å²) in [4.78, 5) is 66.1. The van der Waals surface area contributed by atoms with Crippen molar-refractivity contribution in [3.05, 3.63) is 127 Å². The maximum absolute atomic E-state index is 13.9. The van der Waals surface area contributed by atoms with Gasteiger partial charge in [0, 0.05) is 34.0 Å². The number of hydrogen-bond acceptors (Lipinski definition) is 8. The molecule has 0 spiro atoms. The molecule has 0 aliphatic carbocycles. The van der Waals surface area contributed by atoms with Crippen molar-refractivity contribution in [1.29, 1.82) is 0 Å². The number of halogens is 1. The summed E-state index contributed by atoms with van der Waals surface area (Å²) in [5.74, 6) is -3.73. The number of benzene rings is 4. The number of carbonyl (C=O) groups excluding carboxylic acids is 3. The van der Waals surface area contributed by atoms with Crippen LogP contribution in [0.2, 0.25) is 0 Å². The number of aromatic nitrogens is 1. The van der Waals surface area contributed by atoms with Gasteiger partial charge in [-0.25, -0.2) is 9.29 Å². The van der Waals surface area contributed by atoms with Gasteiger partial charge in [-0.3, -0.25) is 33.9 Å². The molecule has 2 aliphatic heterocycles. The van der Waals surface area contributed by atoms with Crippen LogP contribution < -0.4 is 15.1 Å². The summed E-state index contributed by atoms with van der Waals surface area (Å²) in [7, 11) is 0. The molecule has 2 aliphatic rings. The number of nitro benzene ring substituents is 1. The number of nitrogens with zero attached hydrogens (tertiary/aromatic N) is 3. The van der Waals surface area contributed by atoms with Gasteiger partial charge in [-0.1, -0.05) is 71.6 Å². The minimum absolute atomic E-state index is 0.179. The summed E-state index contributed by atoms with van der Waals surface area (Å²) in [6.45, 7) is -0.331. The molecule has 3 atom stereocenters. The topological polar surface area (TPSA) is 132 Å². The third-order valence-corrected chi connectivity index (χ3v) is 10.6. The van der Waals surface area contributed by atoms with E-state index in [4.69, 9.17) is 0 Å². The van der Waals surface area contributed by atoms with E-state index in [1.807, 2.05) is 36.4 Å². The monoisotopic (exact) mass is 640 g/mol. The SMILES string of the molecule is O=C(Cn1c2c(sc1=O)[C@@H](c1ccc(F)cc1)[C@@H]1C(=O)N(c3ccc([N+](=O)[O-])cc3)C(=O)[C@@H]1S2)Nc1cccc2ccccc12. The number of nitrogens with one attached hydrogen (secondary N) is 1. The molecular weight excluding hydrogens is 620 g/mol. The van der Waals surface area contributed by atoms with Gasteiger partial charge in [0.1, 0.15) is 17.6 Å². The van der Waals surface area contributed by atoms with E-state index in [0.717, 1.165) is 38.8 Å². The van der Waals surface area contributed by atoms with Crippen LogP contribution in [0.3, 0.4) is 0 Å². The van der Waals surface area contributed by atoms with Gasteiger partial charge in [0.15, 0.2) is 0 Å². The zero-order valence-corrected chi connectivity index (χ0v) is 24.7. The van der Waals surface area contributed by atoms with Crippen molar-refractivity contribution >= 4 is 68.7 Å². The quantitative estimate of drug-likeness (QED) is 0.146. The second-order valence-corrected chi connectivity index (χ2v) is 12.7. The molecule has 5 aromatic rings. The van der Waals surface area contributed by atoms with Gasteiger partial charge >= 0.3 is 4.87 Å². The molecule has 10 nitrogen and oxygen atoms in total. The lowest BCUT2D eigenvalue weighted by Crippen LogP contribution is -2.33. The van der Waals surface area contributed by atoms with Gasteiger partial charge < -0.3 is 5.32 Å². The maximum atomic E-state index is 13.9. The number of amides is 3. The number of carbonyl (C=O) groups is 3. The number of imide groups is 1. The first-order valence-electron chi connectivity index (χ1n) is 13.8. The van der Waals surface area contributed by atoms with Gasteiger partial charge in [0.2, 0.25) is 17.7 Å². The van der Waals surface area contributed by atoms with Crippen molar-refractivity contribution in [1.82, 2.24) is 4.57 Å². The Labute approximate surface area is 262 Å². The molecule has 1 aromatic heterocycles. The fourth-order valence-electron chi connectivity index (χ4n) is 5.93. The Balaban J connectivity index is 1.27. The van der Waals surface area contributed by atoms with Crippen LogP contribution in [0.1, 0.15) is 16.4 Å². The number of anilines is 2. The summed E-state index contributed by atoms with van der Waals surface area (Å²) in [5, 5.41) is 15.2. The molecule has 45 heavy (non-hydrogen) atoms. The summed E-state index contributed by atoms with van der Waals surface area (Å²) in [6, 6.07) is 23.7. The smallest absolute Gasteiger partial charge is 0.308 e. The lowest BCUT2D eigenvalue weighted by atomic mass is 9.83. The van der Waals surface area contributed by atoms with E-state index in [1.165, 1.54) is 53.1 Å². The average molecular weight is 641 g/mol. The first kappa shape index (κ1) is 28.6. The predicted molar refractivity (Wildman–Crippen MR) is 168 cm³/mol. The number of non-ortho nitro benzene ring substituents is 1. The van der Waals surface area contributed by atoms with Crippen LogP contribution in [0.4, 0.5) is 21.5 Å². The molecule has 4 aromatic carbocycles. The largest absolute Gasteiger partial charge is 0.324 e. The minimum atomic E-state index is -0.961. The highest BCUT2D eigenvalue weighted by Crippen LogP contribution is 2.54. The summed E-state index contributed by atoms with van der Waals surface area (Å²) < 4.78 is 15.2. The van der Waals surface area contributed by atoms with Crippen LogP contribution in [0.15, 0.2) is 101 Å². The van der Waals surface area contributed by atoms with E-state index in [2.05, 4.69) is 5.32 Å². The van der Waals surface area contributed by atoms with E-state index >= 15 is 0 Å². The highest BCUT2D eigenvalue weighted by atomic mass is 32.2.